The van der Waals surface area contributed by atoms with E-state index in [1.165, 1.54) is 6.20 Å². The number of anilines is 1. The molecule has 0 unspecified atom stereocenters. The summed E-state index contributed by atoms with van der Waals surface area (Å²) in [5.74, 6) is 0.350. The number of carbonyl (C=O) groups excluding carboxylic acids is 1. The molecule has 0 aliphatic carbocycles. The molecular weight excluding hydrogens is 344 g/mol. The van der Waals surface area contributed by atoms with Crippen LogP contribution in [0.5, 0.6) is 5.75 Å². The fourth-order valence-electron chi connectivity index (χ4n) is 1.56. The first kappa shape index (κ1) is 14.8. The van der Waals surface area contributed by atoms with Crippen LogP contribution in [0, 0.1) is 0 Å². The van der Waals surface area contributed by atoms with Gasteiger partial charge in [-0.1, -0.05) is 11.6 Å². The number of amides is 1. The van der Waals surface area contributed by atoms with E-state index < -0.39 is 0 Å². The third kappa shape index (κ3) is 3.71. The van der Waals surface area contributed by atoms with E-state index >= 15 is 0 Å². The van der Waals surface area contributed by atoms with Crippen molar-refractivity contribution in [1.29, 1.82) is 0 Å². The van der Waals surface area contributed by atoms with Crippen molar-refractivity contribution in [2.24, 2.45) is 0 Å². The molecule has 1 N–H and O–H groups in total. The third-order valence-electron chi connectivity index (χ3n) is 2.48. The van der Waals surface area contributed by atoms with Gasteiger partial charge in [0, 0.05) is 11.9 Å². The van der Waals surface area contributed by atoms with Gasteiger partial charge in [0.25, 0.3) is 5.91 Å². The van der Waals surface area contributed by atoms with E-state index in [0.29, 0.717) is 33.2 Å². The Kier molecular flexibility index (Phi) is 4.98. The number of aromatic nitrogens is 1. The van der Waals surface area contributed by atoms with E-state index in [0.717, 1.165) is 0 Å². The smallest absolute Gasteiger partial charge is 0.257 e. The Labute approximate surface area is 130 Å². The van der Waals surface area contributed by atoms with Crippen molar-refractivity contribution >= 4 is 39.1 Å². The lowest BCUT2D eigenvalue weighted by atomic mass is 10.2. The van der Waals surface area contributed by atoms with Gasteiger partial charge in [-0.15, -0.1) is 0 Å². The Morgan fingerprint density at radius 3 is 2.80 bits per heavy atom. The molecule has 0 aliphatic rings. The van der Waals surface area contributed by atoms with Crippen LogP contribution in [-0.2, 0) is 0 Å². The van der Waals surface area contributed by atoms with Crippen molar-refractivity contribution < 1.29 is 9.53 Å². The molecule has 0 radical (unpaired) electrons. The molecule has 0 fully saturated rings. The molecule has 1 aromatic heterocycles. The number of hydrogen-bond donors (Lipinski definition) is 1. The Morgan fingerprint density at radius 2 is 2.20 bits per heavy atom. The van der Waals surface area contributed by atoms with Crippen molar-refractivity contribution in [3.8, 4) is 5.75 Å². The molecule has 0 aliphatic heterocycles. The van der Waals surface area contributed by atoms with Crippen molar-refractivity contribution in [1.82, 2.24) is 4.98 Å². The molecule has 104 valence electrons. The van der Waals surface area contributed by atoms with E-state index in [1.54, 1.807) is 30.3 Å². The van der Waals surface area contributed by atoms with Gasteiger partial charge in [0.1, 0.15) is 10.4 Å². The number of nitrogens with zero attached hydrogens (tertiary/aromatic N) is 1. The Balaban J connectivity index is 2.11. The van der Waals surface area contributed by atoms with Gasteiger partial charge in [0.15, 0.2) is 0 Å². The van der Waals surface area contributed by atoms with Crippen LogP contribution >= 0.6 is 27.5 Å². The molecular formula is C14H12BrClN2O2. The maximum Gasteiger partial charge on any atom is 0.257 e. The minimum Gasteiger partial charge on any atom is -0.492 e. The minimum atomic E-state index is -0.245. The number of hydrogen-bond acceptors (Lipinski definition) is 3. The summed E-state index contributed by atoms with van der Waals surface area (Å²) < 4.78 is 6.01. The fraction of sp³-hybridized carbons (Fsp3) is 0.143. The summed E-state index contributed by atoms with van der Waals surface area (Å²) in [6.45, 7) is 2.42. The molecule has 0 saturated heterocycles. The van der Waals surface area contributed by atoms with Crippen LogP contribution in [0.2, 0.25) is 5.02 Å². The molecule has 1 aromatic carbocycles. The van der Waals surface area contributed by atoms with Crippen LogP contribution in [0.15, 0.2) is 41.1 Å². The van der Waals surface area contributed by atoms with Gasteiger partial charge >= 0.3 is 0 Å². The van der Waals surface area contributed by atoms with Crippen molar-refractivity contribution in [3.63, 3.8) is 0 Å². The van der Waals surface area contributed by atoms with Crippen LogP contribution in [-0.4, -0.2) is 17.5 Å². The minimum absolute atomic E-state index is 0.245. The molecule has 4 nitrogen and oxygen atoms in total. The van der Waals surface area contributed by atoms with E-state index in [1.807, 2.05) is 6.92 Å². The number of rotatable bonds is 4. The Hall–Kier alpha value is -1.59. The lowest BCUT2D eigenvalue weighted by Gasteiger charge is -2.09. The molecule has 2 aromatic rings. The molecule has 1 heterocycles. The Morgan fingerprint density at radius 1 is 1.40 bits per heavy atom. The molecule has 0 saturated carbocycles. The summed E-state index contributed by atoms with van der Waals surface area (Å²) in [6.07, 6.45) is 1.50. The van der Waals surface area contributed by atoms with Gasteiger partial charge in [-0.05, 0) is 53.2 Å². The highest BCUT2D eigenvalue weighted by atomic mass is 79.9. The SMILES string of the molecule is CCOc1ccc(NC(=O)c2ccc(Br)nc2)cc1Cl. The van der Waals surface area contributed by atoms with Crippen molar-refractivity contribution in [2.75, 3.05) is 11.9 Å². The average Bonchev–Trinajstić information content (AvgIpc) is 2.42. The monoisotopic (exact) mass is 354 g/mol. The molecule has 1 amide bonds. The summed E-state index contributed by atoms with van der Waals surface area (Å²) >= 11 is 9.28. The number of carbonyl (C=O) groups is 1. The van der Waals surface area contributed by atoms with Gasteiger partial charge in [0.2, 0.25) is 0 Å². The maximum absolute atomic E-state index is 12.0. The second-order valence-electron chi connectivity index (χ2n) is 3.90. The largest absolute Gasteiger partial charge is 0.492 e. The number of halogens is 2. The van der Waals surface area contributed by atoms with Crippen LogP contribution in [0.4, 0.5) is 5.69 Å². The van der Waals surface area contributed by atoms with Crippen LogP contribution in [0.1, 0.15) is 17.3 Å². The summed E-state index contributed by atoms with van der Waals surface area (Å²) in [7, 11) is 0. The Bertz CT molecular complexity index is 617. The van der Waals surface area contributed by atoms with Crippen LogP contribution < -0.4 is 10.1 Å². The highest BCUT2D eigenvalue weighted by Gasteiger charge is 2.08. The molecule has 0 atom stereocenters. The number of pyridine rings is 1. The zero-order valence-corrected chi connectivity index (χ0v) is 13.0. The van der Waals surface area contributed by atoms with Gasteiger partial charge in [-0.2, -0.15) is 0 Å². The fourth-order valence-corrected chi connectivity index (χ4v) is 2.03. The molecule has 0 bridgehead atoms. The van der Waals surface area contributed by atoms with E-state index in [-0.39, 0.29) is 5.91 Å². The lowest BCUT2D eigenvalue weighted by Crippen LogP contribution is -2.12. The summed E-state index contributed by atoms with van der Waals surface area (Å²) in [6, 6.07) is 8.50. The predicted molar refractivity (Wildman–Crippen MR) is 82.5 cm³/mol. The van der Waals surface area contributed by atoms with Crippen molar-refractivity contribution in [3.05, 3.63) is 51.7 Å². The van der Waals surface area contributed by atoms with Crippen LogP contribution in [0.3, 0.4) is 0 Å². The van der Waals surface area contributed by atoms with E-state index in [9.17, 15) is 4.79 Å². The lowest BCUT2D eigenvalue weighted by molar-refractivity contribution is 0.102. The molecule has 0 spiro atoms. The van der Waals surface area contributed by atoms with Gasteiger partial charge in [-0.25, -0.2) is 4.98 Å². The highest BCUT2D eigenvalue weighted by molar-refractivity contribution is 9.10. The topological polar surface area (TPSA) is 51.2 Å². The zero-order chi connectivity index (χ0) is 14.5. The predicted octanol–water partition coefficient (Wildman–Crippen LogP) is 4.15. The van der Waals surface area contributed by atoms with Crippen LogP contribution in [0.25, 0.3) is 0 Å². The number of nitrogens with one attached hydrogen (secondary N) is 1. The third-order valence-corrected chi connectivity index (χ3v) is 3.24. The van der Waals surface area contributed by atoms with E-state index in [4.69, 9.17) is 16.3 Å². The zero-order valence-electron chi connectivity index (χ0n) is 10.7. The second-order valence-corrected chi connectivity index (χ2v) is 5.12. The molecule has 20 heavy (non-hydrogen) atoms. The van der Waals surface area contributed by atoms with E-state index in [2.05, 4.69) is 26.2 Å². The number of benzene rings is 1. The second kappa shape index (κ2) is 6.72. The first-order valence-corrected chi connectivity index (χ1v) is 7.12. The quantitative estimate of drug-likeness (QED) is 0.838. The first-order chi connectivity index (χ1) is 9.60. The number of ether oxygens (including phenoxy) is 1. The van der Waals surface area contributed by atoms with Gasteiger partial charge < -0.3 is 10.1 Å². The summed E-state index contributed by atoms with van der Waals surface area (Å²) in [5, 5.41) is 3.21. The average molecular weight is 356 g/mol. The maximum atomic E-state index is 12.0. The summed E-state index contributed by atoms with van der Waals surface area (Å²) in [5.41, 5.74) is 1.07. The highest BCUT2D eigenvalue weighted by Crippen LogP contribution is 2.27. The van der Waals surface area contributed by atoms with Crippen molar-refractivity contribution in [2.45, 2.75) is 6.92 Å². The van der Waals surface area contributed by atoms with Gasteiger partial charge in [0.05, 0.1) is 17.2 Å². The standard InChI is InChI=1S/C14H12BrClN2O2/c1-2-20-12-5-4-10(7-11(12)16)18-14(19)9-3-6-13(15)17-8-9/h3-8H,2H2,1H3,(H,18,19). The summed E-state index contributed by atoms with van der Waals surface area (Å²) in [4.78, 5) is 16.0. The first-order valence-electron chi connectivity index (χ1n) is 5.95. The molecule has 2 rings (SSSR count). The van der Waals surface area contributed by atoms with Gasteiger partial charge in [-0.3, -0.25) is 4.79 Å². The normalized spacial score (nSPS) is 10.2. The molecule has 6 heteroatoms.